The maximum Gasteiger partial charge on any atom is 0.472 e. The van der Waals surface area contributed by atoms with Crippen LogP contribution in [0.25, 0.3) is 0 Å². The summed E-state index contributed by atoms with van der Waals surface area (Å²) >= 11 is 0. The van der Waals surface area contributed by atoms with Gasteiger partial charge in [-0.2, -0.15) is 0 Å². The van der Waals surface area contributed by atoms with Gasteiger partial charge >= 0.3 is 7.82 Å². The van der Waals surface area contributed by atoms with Crippen LogP contribution in [0.4, 0.5) is 0 Å². The van der Waals surface area contributed by atoms with E-state index in [0.29, 0.717) is 0 Å². The van der Waals surface area contributed by atoms with Gasteiger partial charge in [0.1, 0.15) is 43.2 Å². The third-order valence-electron chi connectivity index (χ3n) is 4.42. The lowest BCUT2D eigenvalue weighted by atomic mass is 9.95. The van der Waals surface area contributed by atoms with Crippen LogP contribution in [-0.2, 0) is 23.3 Å². The Morgan fingerprint density at radius 2 is 1.46 bits per heavy atom. The van der Waals surface area contributed by atoms with E-state index in [9.17, 15) is 40.3 Å². The summed E-state index contributed by atoms with van der Waals surface area (Å²) in [7, 11) is -5.55. The summed E-state index contributed by atoms with van der Waals surface area (Å²) in [6.07, 6.45) is -14.1. The highest BCUT2D eigenvalue weighted by Crippen LogP contribution is 2.47. The van der Waals surface area contributed by atoms with Crippen LogP contribution in [0.15, 0.2) is 0 Å². The van der Waals surface area contributed by atoms with Crippen molar-refractivity contribution in [3.05, 3.63) is 0 Å². The third-order valence-corrected chi connectivity index (χ3v) is 4.95. The van der Waals surface area contributed by atoms with Gasteiger partial charge < -0.3 is 64.8 Å². The molecule has 0 aromatic rings. The summed E-state index contributed by atoms with van der Waals surface area (Å²) in [5, 5.41) is 78.4. The highest BCUT2D eigenvalue weighted by molar-refractivity contribution is 7.46. The SMILES string of the molecule is O=P(O)(O)O[C@]1(O)[C@@H](OC2(CO)O[C@H](CO)[C@@H](O)[C@@H]2O)O[C@H](CO)[C@@H](O)[C@@H]1O. The summed E-state index contributed by atoms with van der Waals surface area (Å²) in [4.78, 5) is 18.0. The second-order valence-corrected chi connectivity index (χ2v) is 7.48. The minimum atomic E-state index is -5.55. The molecule has 2 saturated heterocycles. The molecule has 0 aromatic carbocycles. The molecule has 0 radical (unpaired) electrons. The van der Waals surface area contributed by atoms with E-state index in [1.54, 1.807) is 0 Å². The smallest absolute Gasteiger partial charge is 0.394 e. The van der Waals surface area contributed by atoms with E-state index < -0.39 is 82.1 Å². The lowest BCUT2D eigenvalue weighted by Crippen LogP contribution is -2.70. The topological polar surface area (TPSA) is 256 Å². The Balaban J connectivity index is 2.41. The van der Waals surface area contributed by atoms with E-state index in [0.717, 1.165) is 0 Å². The van der Waals surface area contributed by atoms with Crippen LogP contribution >= 0.6 is 7.82 Å². The van der Waals surface area contributed by atoms with E-state index in [2.05, 4.69) is 4.52 Å². The van der Waals surface area contributed by atoms with Gasteiger partial charge in [0.25, 0.3) is 5.79 Å². The van der Waals surface area contributed by atoms with Crippen LogP contribution in [0.5, 0.6) is 0 Å². The summed E-state index contributed by atoms with van der Waals surface area (Å²) in [6.45, 7) is -3.02. The van der Waals surface area contributed by atoms with Crippen molar-refractivity contribution in [1.82, 2.24) is 0 Å². The average Bonchev–Trinajstić information content (AvgIpc) is 2.86. The molecule has 0 aromatic heterocycles. The molecule has 15 nitrogen and oxygen atoms in total. The predicted molar refractivity (Wildman–Crippen MR) is 80.7 cm³/mol. The molecule has 1 unspecified atom stereocenters. The normalized spacial score (nSPS) is 47.4. The molecule has 16 heteroatoms. The number of phosphoric acid groups is 1. The fraction of sp³-hybridized carbons (Fsp3) is 1.00. The molecule has 2 heterocycles. The van der Waals surface area contributed by atoms with Gasteiger partial charge in [-0.05, 0) is 0 Å². The zero-order chi connectivity index (χ0) is 21.5. The second-order valence-electron chi connectivity index (χ2n) is 6.32. The maximum atomic E-state index is 11.2. The molecule has 2 fully saturated rings. The van der Waals surface area contributed by atoms with Gasteiger partial charge in [0, 0.05) is 0 Å². The molecule has 9 atom stereocenters. The highest BCUT2D eigenvalue weighted by Gasteiger charge is 2.64. The number of phosphoric ester groups is 1. The Morgan fingerprint density at radius 3 is 1.89 bits per heavy atom. The number of aliphatic hydroxyl groups excluding tert-OH is 7. The lowest BCUT2D eigenvalue weighted by molar-refractivity contribution is -0.442. The van der Waals surface area contributed by atoms with Crippen molar-refractivity contribution in [2.75, 3.05) is 19.8 Å². The molecular formula is C12H23O15P. The van der Waals surface area contributed by atoms with Gasteiger partial charge in [0.2, 0.25) is 12.1 Å². The molecule has 0 saturated carbocycles. The Labute approximate surface area is 157 Å². The average molecular weight is 438 g/mol. The molecule has 0 spiro atoms. The third kappa shape index (κ3) is 4.24. The van der Waals surface area contributed by atoms with Crippen LogP contribution in [0.2, 0.25) is 0 Å². The predicted octanol–water partition coefficient (Wildman–Crippen LogP) is -5.96. The highest BCUT2D eigenvalue weighted by atomic mass is 31.2. The van der Waals surface area contributed by atoms with Gasteiger partial charge in [0.15, 0.2) is 0 Å². The van der Waals surface area contributed by atoms with E-state index >= 15 is 0 Å². The minimum Gasteiger partial charge on any atom is -0.394 e. The van der Waals surface area contributed by atoms with Crippen LogP contribution in [0, 0.1) is 0 Å². The van der Waals surface area contributed by atoms with Gasteiger partial charge in [-0.1, -0.05) is 0 Å². The standard InChI is InChI=1S/C12H23O15P/c13-1-4-6(16)9(19)12(20,27-28(21,22)23)10(24-4)26-11(3-15)8(18)7(17)5(2-14)25-11/h4-10,13-20H,1-3H2,(H2,21,22,23)/t4-,5-,6-,7-,8+,9+,10-,11?,12+/m1/s1. The van der Waals surface area contributed by atoms with Gasteiger partial charge in [-0.25, -0.2) is 9.09 Å². The molecule has 2 aliphatic heterocycles. The minimum absolute atomic E-state index is 0.835. The zero-order valence-electron chi connectivity index (χ0n) is 14.1. The van der Waals surface area contributed by atoms with Gasteiger partial charge in [0.05, 0.1) is 13.2 Å². The first-order valence-electron chi connectivity index (χ1n) is 7.89. The van der Waals surface area contributed by atoms with Gasteiger partial charge in [-0.3, -0.25) is 0 Å². The molecule has 2 aliphatic rings. The molecule has 0 aliphatic carbocycles. The zero-order valence-corrected chi connectivity index (χ0v) is 15.0. The fourth-order valence-electron chi connectivity index (χ4n) is 2.93. The van der Waals surface area contributed by atoms with E-state index in [-0.39, 0.29) is 0 Å². The fourth-order valence-corrected chi connectivity index (χ4v) is 3.50. The first-order valence-corrected chi connectivity index (χ1v) is 9.43. The van der Waals surface area contributed by atoms with Crippen molar-refractivity contribution < 1.29 is 73.9 Å². The van der Waals surface area contributed by atoms with Crippen LogP contribution < -0.4 is 0 Å². The van der Waals surface area contributed by atoms with Gasteiger partial charge in [-0.15, -0.1) is 0 Å². The molecule has 10 N–H and O–H groups in total. The Kier molecular flexibility index (Phi) is 7.21. The number of ether oxygens (including phenoxy) is 3. The van der Waals surface area contributed by atoms with Crippen molar-refractivity contribution in [3.63, 3.8) is 0 Å². The van der Waals surface area contributed by atoms with E-state index in [1.165, 1.54) is 0 Å². The number of hydrogen-bond acceptors (Lipinski definition) is 13. The number of rotatable bonds is 7. The summed E-state index contributed by atoms with van der Waals surface area (Å²) in [5.74, 6) is -6.08. The number of aliphatic hydroxyl groups is 8. The molecular weight excluding hydrogens is 415 g/mol. The Bertz CT molecular complexity index is 585. The lowest BCUT2D eigenvalue weighted by Gasteiger charge is -2.48. The maximum absolute atomic E-state index is 11.2. The molecule has 166 valence electrons. The van der Waals surface area contributed by atoms with Crippen LogP contribution in [0.1, 0.15) is 0 Å². The quantitative estimate of drug-likeness (QED) is 0.131. The Hall–Kier alpha value is -0.330. The molecule has 28 heavy (non-hydrogen) atoms. The summed E-state index contributed by atoms with van der Waals surface area (Å²) in [5.41, 5.74) is 0. The molecule has 0 bridgehead atoms. The molecule has 2 rings (SSSR count). The van der Waals surface area contributed by atoms with Crippen LogP contribution in [-0.4, -0.2) is 125 Å². The summed E-state index contributed by atoms with van der Waals surface area (Å²) < 4.78 is 30.5. The first kappa shape index (κ1) is 23.9. The van der Waals surface area contributed by atoms with Crippen molar-refractivity contribution in [2.45, 2.75) is 54.5 Å². The van der Waals surface area contributed by atoms with Crippen molar-refractivity contribution >= 4 is 7.82 Å². The number of hydrogen-bond donors (Lipinski definition) is 10. The second kappa shape index (κ2) is 8.43. The van der Waals surface area contributed by atoms with Crippen molar-refractivity contribution in [2.24, 2.45) is 0 Å². The van der Waals surface area contributed by atoms with Crippen molar-refractivity contribution in [1.29, 1.82) is 0 Å². The molecule has 0 amide bonds. The van der Waals surface area contributed by atoms with Crippen LogP contribution in [0.3, 0.4) is 0 Å². The monoisotopic (exact) mass is 438 g/mol. The Morgan fingerprint density at radius 1 is 0.929 bits per heavy atom. The summed E-state index contributed by atoms with van der Waals surface area (Å²) in [6, 6.07) is 0. The first-order chi connectivity index (χ1) is 12.8. The largest absolute Gasteiger partial charge is 0.472 e. The van der Waals surface area contributed by atoms with Crippen molar-refractivity contribution in [3.8, 4) is 0 Å². The van der Waals surface area contributed by atoms with E-state index in [1.807, 2.05) is 0 Å². The van der Waals surface area contributed by atoms with E-state index in [4.69, 9.17) is 29.1 Å².